The number of anilines is 3. The van der Waals surface area contributed by atoms with Crippen LogP contribution in [0.4, 0.5) is 17.1 Å². The van der Waals surface area contributed by atoms with Gasteiger partial charge in [-0.2, -0.15) is 0 Å². The molecule has 2 heteroatoms. The fourth-order valence-corrected chi connectivity index (χ4v) is 11.6. The molecule has 1 aromatic heterocycles. The molecule has 1 heterocycles. The van der Waals surface area contributed by atoms with Crippen LogP contribution in [-0.4, -0.2) is 0 Å². The van der Waals surface area contributed by atoms with Gasteiger partial charge in [-0.25, -0.2) is 0 Å². The van der Waals surface area contributed by atoms with Crippen molar-refractivity contribution in [2.45, 2.75) is 5.41 Å². The number of benzene rings is 10. The molecule has 0 radical (unpaired) electrons. The van der Waals surface area contributed by atoms with Crippen molar-refractivity contribution < 1.29 is 5.48 Å². The third-order valence-corrected chi connectivity index (χ3v) is 14.1. The molecule has 61 heavy (non-hydrogen) atoms. The zero-order chi connectivity index (χ0) is 43.6. The van der Waals surface area contributed by atoms with Crippen molar-refractivity contribution in [3.8, 4) is 44.5 Å². The molecular weight excluding hydrogens is 755 g/mol. The molecule has 0 aliphatic heterocycles. The number of thiophene rings is 1. The van der Waals surface area contributed by atoms with E-state index in [1.54, 1.807) is 11.3 Å². The van der Waals surface area contributed by atoms with E-state index in [-0.39, 0.29) is 35.4 Å². The summed E-state index contributed by atoms with van der Waals surface area (Å²) in [7, 11) is 0. The normalized spacial score (nSPS) is 14.0. The highest BCUT2D eigenvalue weighted by Crippen LogP contribution is 2.63. The van der Waals surface area contributed by atoms with E-state index in [1.807, 2.05) is 59.5 Å². The summed E-state index contributed by atoms with van der Waals surface area (Å²) in [5.41, 5.74) is 13.6. The van der Waals surface area contributed by atoms with Gasteiger partial charge in [0.15, 0.2) is 0 Å². The van der Waals surface area contributed by atoms with Crippen LogP contribution in [0.3, 0.4) is 0 Å². The molecule has 13 rings (SSSR count). The first-order chi connectivity index (χ1) is 31.9. The predicted octanol–water partition coefficient (Wildman–Crippen LogP) is 16.4. The van der Waals surface area contributed by atoms with Crippen molar-refractivity contribution in [1.82, 2.24) is 0 Å². The Bertz CT molecular complexity index is 3710. The Morgan fingerprint density at radius 2 is 0.902 bits per heavy atom. The second-order valence-electron chi connectivity index (χ2n) is 16.0. The van der Waals surface area contributed by atoms with Crippen LogP contribution >= 0.6 is 11.3 Å². The van der Waals surface area contributed by atoms with Gasteiger partial charge >= 0.3 is 0 Å². The number of fused-ring (bicyclic) bond motifs is 14. The van der Waals surface area contributed by atoms with E-state index in [2.05, 4.69) is 146 Å². The fourth-order valence-electron chi connectivity index (χ4n) is 10.5. The van der Waals surface area contributed by atoms with E-state index in [0.29, 0.717) is 5.56 Å². The van der Waals surface area contributed by atoms with Gasteiger partial charge in [-0.05, 0) is 126 Å². The van der Waals surface area contributed by atoms with E-state index in [4.69, 9.17) is 0 Å². The second kappa shape index (κ2) is 13.2. The minimum absolute atomic E-state index is 0.0864. The summed E-state index contributed by atoms with van der Waals surface area (Å²) in [5, 5.41) is 4.25. The van der Waals surface area contributed by atoms with Gasteiger partial charge in [-0.3, -0.25) is 0 Å². The molecule has 1 spiro atoms. The highest BCUT2D eigenvalue weighted by molar-refractivity contribution is 7.25. The Balaban J connectivity index is 1.09. The van der Waals surface area contributed by atoms with Crippen LogP contribution in [0.2, 0.25) is 0 Å². The van der Waals surface area contributed by atoms with E-state index in [1.165, 1.54) is 53.6 Å². The first kappa shape index (κ1) is 30.5. The van der Waals surface area contributed by atoms with Gasteiger partial charge in [-0.15, -0.1) is 11.3 Å². The maximum absolute atomic E-state index is 9.94. The monoisotopic (exact) mass is 795 g/mol. The first-order valence-corrected chi connectivity index (χ1v) is 21.6. The van der Waals surface area contributed by atoms with Gasteiger partial charge in [-0.1, -0.05) is 176 Å². The van der Waals surface area contributed by atoms with Crippen LogP contribution in [0.1, 0.15) is 27.7 Å². The quantitative estimate of drug-likeness (QED) is 0.168. The lowest BCUT2D eigenvalue weighted by Crippen LogP contribution is -2.26. The molecule has 284 valence electrons. The van der Waals surface area contributed by atoms with Gasteiger partial charge in [0.1, 0.15) is 0 Å². The van der Waals surface area contributed by atoms with Crippen LogP contribution in [0.5, 0.6) is 0 Å². The minimum atomic E-state index is -0.620. The summed E-state index contributed by atoms with van der Waals surface area (Å²) >= 11 is 1.79. The largest absolute Gasteiger partial charge is 0.310 e. The van der Waals surface area contributed by atoms with Gasteiger partial charge < -0.3 is 4.90 Å². The Hall–Kier alpha value is -7.52. The fraction of sp³-hybridized carbons (Fsp3) is 0.0169. The Morgan fingerprint density at radius 1 is 0.361 bits per heavy atom. The third-order valence-electron chi connectivity index (χ3n) is 13.0. The molecule has 1 nitrogen and oxygen atoms in total. The predicted molar refractivity (Wildman–Crippen MR) is 259 cm³/mol. The Kier molecular flexibility index (Phi) is 6.62. The molecule has 0 atom stereocenters. The number of hydrogen-bond acceptors (Lipinski definition) is 2. The maximum atomic E-state index is 9.94. The van der Waals surface area contributed by atoms with Crippen LogP contribution in [0, 0.1) is 0 Å². The zero-order valence-electron chi connectivity index (χ0n) is 36.9. The van der Waals surface area contributed by atoms with Crippen molar-refractivity contribution in [1.29, 1.82) is 0 Å². The van der Waals surface area contributed by atoms with Crippen LogP contribution in [0.15, 0.2) is 224 Å². The summed E-state index contributed by atoms with van der Waals surface area (Å²) in [6.45, 7) is 0. The molecule has 0 unspecified atom stereocenters. The summed E-state index contributed by atoms with van der Waals surface area (Å²) in [6.07, 6.45) is 0. The molecule has 11 aromatic rings. The molecule has 0 fully saturated rings. The van der Waals surface area contributed by atoms with Crippen molar-refractivity contribution in [2.75, 3.05) is 4.90 Å². The third kappa shape index (κ3) is 4.94. The lowest BCUT2D eigenvalue weighted by molar-refractivity contribution is 0.793. The van der Waals surface area contributed by atoms with Gasteiger partial charge in [0.05, 0.1) is 10.9 Å². The van der Waals surface area contributed by atoms with Gasteiger partial charge in [0.2, 0.25) is 0 Å². The molecule has 2 aliphatic carbocycles. The average Bonchev–Trinajstić information content (AvgIpc) is 3.99. The van der Waals surface area contributed by atoms with E-state index in [0.717, 1.165) is 44.4 Å². The summed E-state index contributed by atoms with van der Waals surface area (Å²) in [5.74, 6) is 0. The van der Waals surface area contributed by atoms with Gasteiger partial charge in [0.25, 0.3) is 0 Å². The lowest BCUT2D eigenvalue weighted by Gasteiger charge is -2.32. The van der Waals surface area contributed by atoms with Gasteiger partial charge in [0, 0.05) is 37.2 Å². The van der Waals surface area contributed by atoms with Crippen molar-refractivity contribution in [3.63, 3.8) is 0 Å². The molecule has 0 saturated carbocycles. The number of nitrogens with zero attached hydrogens (tertiary/aromatic N) is 1. The van der Waals surface area contributed by atoms with E-state index < -0.39 is 5.41 Å². The summed E-state index contributed by atoms with van der Waals surface area (Å²) < 4.78 is 41.7. The highest BCUT2D eigenvalue weighted by atomic mass is 32.1. The van der Waals surface area contributed by atoms with Crippen LogP contribution < -0.4 is 4.90 Å². The first-order valence-electron chi connectivity index (χ1n) is 22.8. The van der Waals surface area contributed by atoms with Crippen molar-refractivity contribution >= 4 is 59.3 Å². The van der Waals surface area contributed by atoms with E-state index in [9.17, 15) is 5.48 Å². The van der Waals surface area contributed by atoms with Crippen LogP contribution in [-0.2, 0) is 5.41 Å². The SMILES string of the molecule is [2H]c1c([2H])c(N(c2cccc(-c3cccc4sc5ccccc5c34)c2)c2ccc3c(c2)C2(c4ccccc4-c4ccccc42)c2ccccc2-3)c([2H])c([2H])c1-c1cccc2ccccc12. The average molecular weight is 796 g/mol. The Morgan fingerprint density at radius 3 is 1.66 bits per heavy atom. The highest BCUT2D eigenvalue weighted by Gasteiger charge is 2.51. The molecule has 2 aliphatic rings. The standard InChI is InChI=1S/C59H37NS/c1-2-18-44-38(14-1)15-12-23-45(44)39-30-32-41(33-31-39)60(42-17-11-16-40(36-42)46-24-13-29-57-58(46)51-22-6-10-28-56(51)61-57)43-34-35-50-49-21-5-9-27-54(49)59(55(50)37-43)52-25-7-3-19-47(52)48-20-4-8-26-53(48)59/h1-37H/i30D,31D,32D,33D. The number of hydrogen-bond donors (Lipinski definition) is 0. The number of rotatable bonds is 5. The lowest BCUT2D eigenvalue weighted by atomic mass is 9.70. The smallest absolute Gasteiger partial charge is 0.0726 e. The Labute approximate surface area is 364 Å². The summed E-state index contributed by atoms with van der Waals surface area (Å²) in [6, 6.07) is 69.4. The van der Waals surface area contributed by atoms with Crippen LogP contribution in [0.25, 0.3) is 75.5 Å². The zero-order valence-corrected chi connectivity index (χ0v) is 33.7. The van der Waals surface area contributed by atoms with Crippen molar-refractivity contribution in [3.05, 3.63) is 247 Å². The molecule has 0 N–H and O–H groups in total. The molecule has 0 amide bonds. The molecule has 0 saturated heterocycles. The molecular formula is C59H37NS. The summed E-state index contributed by atoms with van der Waals surface area (Å²) in [4.78, 5) is 1.96. The topological polar surface area (TPSA) is 3.24 Å². The second-order valence-corrected chi connectivity index (χ2v) is 17.1. The van der Waals surface area contributed by atoms with E-state index >= 15 is 0 Å². The van der Waals surface area contributed by atoms with Crippen molar-refractivity contribution in [2.24, 2.45) is 0 Å². The minimum Gasteiger partial charge on any atom is -0.310 e. The molecule has 0 bridgehead atoms. The maximum Gasteiger partial charge on any atom is 0.0726 e. The molecule has 10 aromatic carbocycles.